The van der Waals surface area contributed by atoms with Crippen molar-refractivity contribution in [1.29, 1.82) is 0 Å². The van der Waals surface area contributed by atoms with Gasteiger partial charge in [0.2, 0.25) is 0 Å². The number of hydrogen-bond acceptors (Lipinski definition) is 8. The van der Waals surface area contributed by atoms with Crippen molar-refractivity contribution in [3.8, 4) is 11.5 Å². The minimum atomic E-state index is -1.39. The van der Waals surface area contributed by atoms with E-state index in [1.807, 2.05) is 32.0 Å². The van der Waals surface area contributed by atoms with Gasteiger partial charge in [0, 0.05) is 17.8 Å². The second-order valence-electron chi connectivity index (χ2n) is 6.14. The Morgan fingerprint density at radius 1 is 1.27 bits per heavy atom. The Morgan fingerprint density at radius 2 is 2.08 bits per heavy atom. The minimum absolute atomic E-state index is 0.394. The number of anilines is 2. The molecule has 1 atom stereocenters. The third-order valence-electron chi connectivity index (χ3n) is 3.76. The average molecular weight is 372 g/mol. The first kappa shape index (κ1) is 18.2. The first-order valence-corrected chi connectivity index (χ1v) is 8.89. The summed E-state index contributed by atoms with van der Waals surface area (Å²) in [5.74, 6) is 1.70. The monoisotopic (exact) mass is 372 g/mol. The van der Waals surface area contributed by atoms with Gasteiger partial charge in [0.25, 0.3) is 0 Å². The topological polar surface area (TPSA) is 100 Å². The van der Waals surface area contributed by atoms with Crippen LogP contribution in [-0.2, 0) is 5.60 Å². The number of hydrogen-bond donors (Lipinski definition) is 3. The lowest BCUT2D eigenvalue weighted by atomic mass is 10.1. The van der Waals surface area contributed by atoms with Gasteiger partial charge in [-0.15, -0.1) is 11.3 Å². The highest BCUT2D eigenvalue weighted by atomic mass is 32.1. The van der Waals surface area contributed by atoms with Gasteiger partial charge in [0.1, 0.15) is 11.4 Å². The molecule has 3 aromatic heterocycles. The lowest BCUT2D eigenvalue weighted by Crippen LogP contribution is -2.26. The molecule has 0 fully saturated rings. The molecule has 0 spiro atoms. The van der Waals surface area contributed by atoms with E-state index in [-0.39, 0.29) is 0 Å². The number of thiazole rings is 1. The van der Waals surface area contributed by atoms with Gasteiger partial charge in [0.15, 0.2) is 16.7 Å². The summed E-state index contributed by atoms with van der Waals surface area (Å²) in [6.07, 6.45) is 3.43. The van der Waals surface area contributed by atoms with Crippen LogP contribution in [0.15, 0.2) is 36.0 Å². The molecule has 0 saturated carbocycles. The van der Waals surface area contributed by atoms with Crippen LogP contribution in [0, 0.1) is 13.8 Å². The van der Waals surface area contributed by atoms with Crippen LogP contribution in [0.4, 0.5) is 10.9 Å². The molecule has 0 amide bonds. The molecule has 0 radical (unpaired) electrons. The van der Waals surface area contributed by atoms with Gasteiger partial charge < -0.3 is 20.3 Å². The fourth-order valence-electron chi connectivity index (χ4n) is 2.17. The Balaban J connectivity index is 1.88. The molecule has 3 aromatic rings. The number of rotatable bonds is 6. The molecule has 7 nitrogen and oxygen atoms in total. The molecule has 0 aliphatic heterocycles. The predicted molar refractivity (Wildman–Crippen MR) is 100 cm³/mol. The van der Waals surface area contributed by atoms with Crippen molar-refractivity contribution in [3.63, 3.8) is 0 Å². The zero-order valence-electron chi connectivity index (χ0n) is 14.7. The van der Waals surface area contributed by atoms with Gasteiger partial charge in [-0.1, -0.05) is 0 Å². The highest BCUT2D eigenvalue weighted by Gasteiger charge is 2.25. The van der Waals surface area contributed by atoms with E-state index in [0.717, 1.165) is 11.3 Å². The molecule has 136 valence electrons. The molecule has 0 saturated heterocycles. The van der Waals surface area contributed by atoms with Crippen molar-refractivity contribution in [2.24, 2.45) is 0 Å². The smallest absolute Gasteiger partial charge is 0.188 e. The van der Waals surface area contributed by atoms with E-state index >= 15 is 0 Å². The summed E-state index contributed by atoms with van der Waals surface area (Å²) in [7, 11) is 0. The highest BCUT2D eigenvalue weighted by molar-refractivity contribution is 7.13. The second kappa shape index (κ2) is 7.36. The first-order valence-electron chi connectivity index (χ1n) is 8.01. The number of aliphatic hydroxyl groups excluding tert-OH is 1. The summed E-state index contributed by atoms with van der Waals surface area (Å²) in [6, 6.07) is 5.53. The summed E-state index contributed by atoms with van der Waals surface area (Å²) in [6.45, 7) is 4.90. The van der Waals surface area contributed by atoms with Gasteiger partial charge in [-0.3, -0.25) is 4.98 Å². The molecule has 1 unspecified atom stereocenters. The molecule has 0 aromatic carbocycles. The number of nitrogens with one attached hydrogen (secondary N) is 1. The van der Waals surface area contributed by atoms with Gasteiger partial charge >= 0.3 is 0 Å². The first-order chi connectivity index (χ1) is 12.4. The van der Waals surface area contributed by atoms with Crippen molar-refractivity contribution in [1.82, 2.24) is 15.0 Å². The number of pyridine rings is 2. The second-order valence-corrected chi connectivity index (χ2v) is 7.00. The number of nitrogens with zero attached hydrogens (tertiary/aromatic N) is 3. The third kappa shape index (κ3) is 3.98. The molecular formula is C18H20N4O3S. The van der Waals surface area contributed by atoms with E-state index in [0.29, 0.717) is 28.1 Å². The van der Waals surface area contributed by atoms with Crippen LogP contribution in [0.25, 0.3) is 0 Å². The van der Waals surface area contributed by atoms with Crippen LogP contribution in [0.3, 0.4) is 0 Å². The molecule has 0 aliphatic rings. The maximum Gasteiger partial charge on any atom is 0.188 e. The van der Waals surface area contributed by atoms with Crippen LogP contribution >= 0.6 is 11.3 Å². The van der Waals surface area contributed by atoms with Crippen molar-refractivity contribution in [3.05, 3.63) is 52.9 Å². The molecule has 0 bridgehead atoms. The zero-order chi connectivity index (χ0) is 18.7. The maximum absolute atomic E-state index is 10.1. The zero-order valence-corrected chi connectivity index (χ0v) is 15.5. The van der Waals surface area contributed by atoms with Crippen LogP contribution < -0.4 is 10.1 Å². The summed E-state index contributed by atoms with van der Waals surface area (Å²) in [5, 5.41) is 24.7. The number of aryl methyl sites for hydroxylation is 2. The largest absolute Gasteiger partial charge is 0.452 e. The summed E-state index contributed by atoms with van der Waals surface area (Å²) in [4.78, 5) is 12.9. The number of aliphatic hydroxyl groups is 2. The van der Waals surface area contributed by atoms with Crippen LogP contribution in [-0.4, -0.2) is 31.8 Å². The molecule has 26 heavy (non-hydrogen) atoms. The SMILES string of the molecule is Cc1cnc(Nc2nc(C(C)(O)CO)cs2)c(Oc2cccnc2C)c1. The Hall–Kier alpha value is -2.55. The van der Waals surface area contributed by atoms with Crippen LogP contribution in [0.1, 0.15) is 23.9 Å². The molecular weight excluding hydrogens is 352 g/mol. The van der Waals surface area contributed by atoms with Crippen LogP contribution in [0.5, 0.6) is 11.5 Å². The fraction of sp³-hybridized carbons (Fsp3) is 0.278. The fourth-order valence-corrected chi connectivity index (χ4v) is 3.01. The molecule has 8 heteroatoms. The van der Waals surface area contributed by atoms with Gasteiger partial charge in [-0.2, -0.15) is 0 Å². The summed E-state index contributed by atoms with van der Waals surface area (Å²) in [5.41, 5.74) is 0.735. The maximum atomic E-state index is 10.1. The quantitative estimate of drug-likeness (QED) is 0.610. The van der Waals surface area contributed by atoms with E-state index in [1.165, 1.54) is 18.3 Å². The standard InChI is InChI=1S/C18H20N4O3S/c1-11-7-14(25-13-5-4-6-19-12(13)2)16(20-8-11)22-17-21-15(9-26-17)18(3,24)10-23/h4-9,23-24H,10H2,1-3H3,(H,20,21,22). The van der Waals surface area contributed by atoms with E-state index in [1.54, 1.807) is 17.8 Å². The van der Waals surface area contributed by atoms with E-state index in [2.05, 4.69) is 20.3 Å². The van der Waals surface area contributed by atoms with Gasteiger partial charge in [-0.05, 0) is 44.5 Å². The molecule has 3 heterocycles. The molecule has 3 N–H and O–H groups in total. The lowest BCUT2D eigenvalue weighted by Gasteiger charge is -2.17. The minimum Gasteiger partial charge on any atom is -0.452 e. The molecule has 0 aliphatic carbocycles. The number of aromatic nitrogens is 3. The van der Waals surface area contributed by atoms with Crippen molar-refractivity contribution >= 4 is 22.3 Å². The summed E-state index contributed by atoms with van der Waals surface area (Å²) < 4.78 is 5.99. The summed E-state index contributed by atoms with van der Waals surface area (Å²) >= 11 is 1.31. The normalized spacial score (nSPS) is 13.3. The number of ether oxygens (including phenoxy) is 1. The predicted octanol–water partition coefficient (Wildman–Crippen LogP) is 3.29. The Bertz CT molecular complexity index is 911. The molecule has 3 rings (SSSR count). The highest BCUT2D eigenvalue weighted by Crippen LogP contribution is 2.33. The van der Waals surface area contributed by atoms with Gasteiger partial charge in [0.05, 0.1) is 18.0 Å². The average Bonchev–Trinajstić information content (AvgIpc) is 3.09. The Morgan fingerprint density at radius 3 is 2.81 bits per heavy atom. The van der Waals surface area contributed by atoms with E-state index < -0.39 is 12.2 Å². The van der Waals surface area contributed by atoms with Crippen LogP contribution in [0.2, 0.25) is 0 Å². The van der Waals surface area contributed by atoms with Crippen molar-refractivity contribution < 1.29 is 14.9 Å². The Kier molecular flexibility index (Phi) is 5.17. The Labute approximate surface area is 155 Å². The van der Waals surface area contributed by atoms with E-state index in [9.17, 15) is 10.2 Å². The van der Waals surface area contributed by atoms with E-state index in [4.69, 9.17) is 4.74 Å². The van der Waals surface area contributed by atoms with Crippen molar-refractivity contribution in [2.45, 2.75) is 26.4 Å². The van der Waals surface area contributed by atoms with Crippen molar-refractivity contribution in [2.75, 3.05) is 11.9 Å². The van der Waals surface area contributed by atoms with Gasteiger partial charge in [-0.25, -0.2) is 9.97 Å². The lowest BCUT2D eigenvalue weighted by molar-refractivity contribution is -0.00528. The third-order valence-corrected chi connectivity index (χ3v) is 4.51.